The van der Waals surface area contributed by atoms with Crippen molar-refractivity contribution in [1.82, 2.24) is 10.2 Å². The quantitative estimate of drug-likeness (QED) is 0.253. The van der Waals surface area contributed by atoms with Crippen molar-refractivity contribution in [3.63, 3.8) is 0 Å². The highest BCUT2D eigenvalue weighted by Crippen LogP contribution is 2.22. The van der Waals surface area contributed by atoms with Crippen molar-refractivity contribution in [2.75, 3.05) is 26.4 Å². The topological polar surface area (TPSA) is 135 Å². The number of esters is 2. The summed E-state index contributed by atoms with van der Waals surface area (Å²) in [5, 5.41) is 7.09. The summed E-state index contributed by atoms with van der Waals surface area (Å²) < 4.78 is 36.6. The van der Waals surface area contributed by atoms with Gasteiger partial charge in [0.05, 0.1) is 13.2 Å². The lowest BCUT2D eigenvalue weighted by Gasteiger charge is -2.06. The van der Waals surface area contributed by atoms with Crippen LogP contribution in [-0.4, -0.2) is 60.8 Å². The lowest BCUT2D eigenvalue weighted by Crippen LogP contribution is -2.10. The zero-order valence-corrected chi connectivity index (χ0v) is 17.2. The molecule has 3 aromatic rings. The highest BCUT2D eigenvalue weighted by atomic mass is 16.6. The van der Waals surface area contributed by atoms with E-state index in [1.54, 1.807) is 48.5 Å². The van der Waals surface area contributed by atoms with Crippen LogP contribution >= 0.6 is 0 Å². The van der Waals surface area contributed by atoms with Crippen molar-refractivity contribution in [2.24, 2.45) is 0 Å². The Labute approximate surface area is 187 Å². The fourth-order valence-electron chi connectivity index (χ4n) is 2.60. The third-order valence-corrected chi connectivity index (χ3v) is 4.52. The molecule has 2 saturated heterocycles. The Balaban J connectivity index is 1.12. The van der Waals surface area contributed by atoms with E-state index in [2.05, 4.69) is 10.2 Å². The fourth-order valence-corrected chi connectivity index (χ4v) is 2.60. The van der Waals surface area contributed by atoms with Crippen molar-refractivity contribution in [3.05, 3.63) is 60.3 Å². The lowest BCUT2D eigenvalue weighted by atomic mass is 10.3. The normalized spacial score (nSPS) is 18.3. The average molecular weight is 454 g/mol. The van der Waals surface area contributed by atoms with E-state index in [4.69, 9.17) is 32.8 Å². The molecule has 2 aliphatic heterocycles. The molecule has 170 valence electrons. The summed E-state index contributed by atoms with van der Waals surface area (Å²) in [6, 6.07) is 12.8. The number of nitrogens with zero attached hydrogens (tertiary/aromatic N) is 2. The van der Waals surface area contributed by atoms with Crippen molar-refractivity contribution < 1.29 is 42.4 Å². The van der Waals surface area contributed by atoms with Crippen molar-refractivity contribution in [3.8, 4) is 23.0 Å². The number of benzene rings is 2. The number of ether oxygens (including phenoxy) is 6. The van der Waals surface area contributed by atoms with Crippen molar-refractivity contribution in [2.45, 2.75) is 12.2 Å². The van der Waals surface area contributed by atoms with E-state index in [1.807, 2.05) is 0 Å². The van der Waals surface area contributed by atoms with Crippen LogP contribution in [0.3, 0.4) is 0 Å². The van der Waals surface area contributed by atoms with E-state index in [0.29, 0.717) is 37.9 Å². The summed E-state index contributed by atoms with van der Waals surface area (Å²) in [5.41, 5.74) is 0. The predicted molar refractivity (Wildman–Crippen MR) is 108 cm³/mol. The number of hydrogen-bond donors (Lipinski definition) is 0. The largest absolute Gasteiger partial charge is 0.491 e. The molecule has 11 heteroatoms. The predicted octanol–water partition coefficient (Wildman–Crippen LogP) is 2.06. The van der Waals surface area contributed by atoms with Crippen LogP contribution in [0.4, 0.5) is 0 Å². The number of carbonyl (C=O) groups excluding carboxylic acids is 2. The summed E-state index contributed by atoms with van der Waals surface area (Å²) in [6.07, 6.45) is 0.281. The molecule has 0 aliphatic carbocycles. The van der Waals surface area contributed by atoms with Crippen molar-refractivity contribution >= 4 is 11.9 Å². The van der Waals surface area contributed by atoms with Crippen LogP contribution in [-0.2, 0) is 9.47 Å². The van der Waals surface area contributed by atoms with Gasteiger partial charge < -0.3 is 32.8 Å². The summed E-state index contributed by atoms with van der Waals surface area (Å²) in [5.74, 6) is -1.08. The van der Waals surface area contributed by atoms with Crippen LogP contribution in [0, 0.1) is 0 Å². The fraction of sp³-hybridized carbons (Fsp3) is 0.273. The third-order valence-electron chi connectivity index (χ3n) is 4.52. The number of aromatic nitrogens is 2. The van der Waals surface area contributed by atoms with E-state index < -0.39 is 23.7 Å². The van der Waals surface area contributed by atoms with E-state index >= 15 is 0 Å². The van der Waals surface area contributed by atoms with Crippen LogP contribution in [0.5, 0.6) is 23.0 Å². The molecule has 0 amide bonds. The summed E-state index contributed by atoms with van der Waals surface area (Å²) >= 11 is 0. The highest BCUT2D eigenvalue weighted by molar-refractivity contribution is 5.89. The van der Waals surface area contributed by atoms with E-state index in [1.165, 1.54) is 0 Å². The first-order valence-electron chi connectivity index (χ1n) is 10.1. The van der Waals surface area contributed by atoms with Gasteiger partial charge in [-0.25, -0.2) is 9.59 Å². The minimum atomic E-state index is -0.914. The molecule has 3 heterocycles. The Morgan fingerprint density at radius 3 is 1.42 bits per heavy atom. The molecule has 2 atom stereocenters. The smallest absolute Gasteiger partial charge is 0.401 e. The molecule has 0 spiro atoms. The van der Waals surface area contributed by atoms with E-state index in [0.717, 1.165) is 0 Å². The second-order valence-electron chi connectivity index (χ2n) is 7.17. The highest BCUT2D eigenvalue weighted by Gasteiger charge is 2.25. The second kappa shape index (κ2) is 9.27. The minimum Gasteiger partial charge on any atom is -0.491 e. The zero-order chi connectivity index (χ0) is 22.6. The molecule has 1 aromatic heterocycles. The van der Waals surface area contributed by atoms with Gasteiger partial charge in [-0.15, -0.1) is 10.2 Å². The van der Waals surface area contributed by atoms with Crippen LogP contribution in [0.25, 0.3) is 0 Å². The summed E-state index contributed by atoms with van der Waals surface area (Å²) in [6.45, 7) is 2.34. The number of epoxide rings is 2. The molecule has 2 aliphatic rings. The van der Waals surface area contributed by atoms with Crippen LogP contribution < -0.4 is 18.9 Å². The van der Waals surface area contributed by atoms with Gasteiger partial charge in [0.1, 0.15) is 48.4 Å². The maximum absolute atomic E-state index is 12.2. The van der Waals surface area contributed by atoms with E-state index in [9.17, 15) is 9.59 Å². The summed E-state index contributed by atoms with van der Waals surface area (Å²) in [4.78, 5) is 24.5. The average Bonchev–Trinajstić information content (AvgIpc) is 3.77. The minimum absolute atomic E-state index is 0.141. The van der Waals surface area contributed by atoms with Gasteiger partial charge in [0.15, 0.2) is 0 Å². The first-order valence-corrected chi connectivity index (χ1v) is 10.1. The zero-order valence-electron chi connectivity index (χ0n) is 17.2. The first kappa shape index (κ1) is 20.9. The molecule has 5 rings (SSSR count). The molecular weight excluding hydrogens is 436 g/mol. The van der Waals surface area contributed by atoms with Crippen LogP contribution in [0.1, 0.15) is 21.4 Å². The van der Waals surface area contributed by atoms with Crippen LogP contribution in [0.15, 0.2) is 52.9 Å². The van der Waals surface area contributed by atoms with Gasteiger partial charge in [-0.3, -0.25) is 0 Å². The van der Waals surface area contributed by atoms with Gasteiger partial charge in [0.2, 0.25) is 0 Å². The maximum Gasteiger partial charge on any atom is 0.401 e. The Kier molecular flexibility index (Phi) is 5.87. The molecule has 0 radical (unpaired) electrons. The lowest BCUT2D eigenvalue weighted by molar-refractivity contribution is 0.0663. The molecule has 2 fully saturated rings. The molecule has 2 aromatic carbocycles. The van der Waals surface area contributed by atoms with Gasteiger partial charge in [-0.2, -0.15) is 0 Å². The Morgan fingerprint density at radius 2 is 1.06 bits per heavy atom. The molecule has 11 nitrogen and oxygen atoms in total. The van der Waals surface area contributed by atoms with E-state index in [-0.39, 0.29) is 23.7 Å². The van der Waals surface area contributed by atoms with Gasteiger partial charge in [0.25, 0.3) is 0 Å². The molecule has 2 unspecified atom stereocenters. The Morgan fingerprint density at radius 1 is 0.697 bits per heavy atom. The van der Waals surface area contributed by atoms with Gasteiger partial charge in [-0.05, 0) is 48.5 Å². The maximum atomic E-state index is 12.2. The van der Waals surface area contributed by atoms with Gasteiger partial charge in [-0.1, -0.05) is 0 Å². The Bertz CT molecular complexity index is 1030. The number of hydrogen-bond acceptors (Lipinski definition) is 11. The standard InChI is InChI=1S/C22H18N2O9/c25-21(31-15-5-1-13(2-6-15)27-9-17-11-29-17)19-23-24-20(33-19)22(26)32-16-7-3-14(4-8-16)28-10-18-12-30-18/h1-8,17-18H,9-12H2. The van der Waals surface area contributed by atoms with Crippen molar-refractivity contribution in [1.29, 1.82) is 0 Å². The van der Waals surface area contributed by atoms with Gasteiger partial charge in [0, 0.05) is 0 Å². The monoisotopic (exact) mass is 454 g/mol. The molecule has 0 saturated carbocycles. The van der Waals surface area contributed by atoms with Crippen LogP contribution in [0.2, 0.25) is 0 Å². The second-order valence-corrected chi connectivity index (χ2v) is 7.17. The number of carbonyl (C=O) groups is 2. The molecule has 0 N–H and O–H groups in total. The third kappa shape index (κ3) is 5.84. The SMILES string of the molecule is O=C(Oc1ccc(OCC2CO2)cc1)c1nnc(C(=O)Oc2ccc(OCC3CO3)cc2)o1. The van der Waals surface area contributed by atoms with Gasteiger partial charge >= 0.3 is 23.7 Å². The number of rotatable bonds is 10. The first-order chi connectivity index (χ1) is 16.1. The summed E-state index contributed by atoms with van der Waals surface area (Å²) in [7, 11) is 0. The Hall–Kier alpha value is -3.96. The molecule has 33 heavy (non-hydrogen) atoms. The molecule has 0 bridgehead atoms. The molecular formula is C22H18N2O9.